The van der Waals surface area contributed by atoms with Crippen LogP contribution in [0.15, 0.2) is 28.2 Å². The highest BCUT2D eigenvalue weighted by atomic mass is 32.2. The number of fused-ring (bicyclic) bond motifs is 3. The van der Waals surface area contributed by atoms with Crippen molar-refractivity contribution in [2.75, 3.05) is 32.6 Å². The molecule has 1 amide bonds. The molecule has 0 aliphatic carbocycles. The molecule has 10 heteroatoms. The molecule has 2 aromatic heterocycles. The number of rotatable bonds is 7. The molecule has 1 fully saturated rings. The molecule has 182 valence electrons. The van der Waals surface area contributed by atoms with E-state index in [9.17, 15) is 14.4 Å². The summed E-state index contributed by atoms with van der Waals surface area (Å²) >= 11 is 1.25. The summed E-state index contributed by atoms with van der Waals surface area (Å²) in [7, 11) is 3.46. The molecule has 1 aliphatic rings. The predicted molar refractivity (Wildman–Crippen MR) is 131 cm³/mol. The van der Waals surface area contributed by atoms with Gasteiger partial charge in [0.25, 0.3) is 5.56 Å². The molecule has 0 spiro atoms. The smallest absolute Gasteiger partial charge is 0.310 e. The van der Waals surface area contributed by atoms with Gasteiger partial charge in [-0.1, -0.05) is 11.8 Å². The Morgan fingerprint density at radius 1 is 1.26 bits per heavy atom. The molecule has 1 aromatic carbocycles. The molecule has 0 N–H and O–H groups in total. The number of likely N-dealkylation sites (tertiary alicyclic amines) is 1. The standard InChI is InChI=1S/C24H30N4O5S/c1-5-28-22(30)21-20(17-12-16(32-4)9-10-18(17)26(21)3)25-24(28)34-14-19(29)27-11-7-8-15(13-27)23(31)33-6-2/h9-10,12,15H,5-8,11,13-14H2,1-4H3/t15-/m1/s1. The lowest BCUT2D eigenvalue weighted by molar-refractivity contribution is -0.151. The summed E-state index contributed by atoms with van der Waals surface area (Å²) in [5.41, 5.74) is 1.87. The van der Waals surface area contributed by atoms with Gasteiger partial charge in [-0.15, -0.1) is 0 Å². The van der Waals surface area contributed by atoms with Gasteiger partial charge in [0.15, 0.2) is 5.16 Å². The topological polar surface area (TPSA) is 95.7 Å². The monoisotopic (exact) mass is 486 g/mol. The van der Waals surface area contributed by atoms with E-state index >= 15 is 0 Å². The SMILES string of the molecule is CCOC(=O)[C@@H]1CCCN(C(=O)CSc2nc3c4cc(OC)ccc4n(C)c3c(=O)n2CC)C1. The lowest BCUT2D eigenvalue weighted by Crippen LogP contribution is -2.43. The van der Waals surface area contributed by atoms with Crippen molar-refractivity contribution in [3.8, 4) is 5.75 Å². The molecular weight excluding hydrogens is 456 g/mol. The lowest BCUT2D eigenvalue weighted by Gasteiger charge is -2.31. The highest BCUT2D eigenvalue weighted by Crippen LogP contribution is 2.30. The van der Waals surface area contributed by atoms with Gasteiger partial charge in [-0.25, -0.2) is 4.98 Å². The van der Waals surface area contributed by atoms with Crippen molar-refractivity contribution in [3.63, 3.8) is 0 Å². The number of carbonyl (C=O) groups is 2. The first-order chi connectivity index (χ1) is 16.4. The molecule has 0 unspecified atom stereocenters. The number of esters is 1. The number of amides is 1. The average molecular weight is 487 g/mol. The van der Waals surface area contributed by atoms with E-state index in [1.165, 1.54) is 11.8 Å². The van der Waals surface area contributed by atoms with Crippen LogP contribution in [0.4, 0.5) is 0 Å². The van der Waals surface area contributed by atoms with Crippen molar-refractivity contribution in [1.82, 2.24) is 19.0 Å². The Bertz CT molecular complexity index is 1300. The predicted octanol–water partition coefficient (Wildman–Crippen LogP) is 2.81. The Labute approximate surface area is 202 Å². The van der Waals surface area contributed by atoms with Crippen LogP contribution >= 0.6 is 11.8 Å². The summed E-state index contributed by atoms with van der Waals surface area (Å²) in [6.07, 6.45) is 1.50. The number of ether oxygens (including phenoxy) is 2. The van der Waals surface area contributed by atoms with Gasteiger partial charge in [0.2, 0.25) is 5.91 Å². The van der Waals surface area contributed by atoms with Gasteiger partial charge in [0.1, 0.15) is 16.8 Å². The maximum Gasteiger partial charge on any atom is 0.310 e. The maximum atomic E-state index is 13.4. The summed E-state index contributed by atoms with van der Waals surface area (Å²) in [4.78, 5) is 45.0. The van der Waals surface area contributed by atoms with Crippen LogP contribution in [0, 0.1) is 5.92 Å². The van der Waals surface area contributed by atoms with Gasteiger partial charge in [-0.3, -0.25) is 19.0 Å². The van der Waals surface area contributed by atoms with Crippen LogP contribution in [0.1, 0.15) is 26.7 Å². The molecule has 9 nitrogen and oxygen atoms in total. The largest absolute Gasteiger partial charge is 0.497 e. The number of hydrogen-bond donors (Lipinski definition) is 0. The van der Waals surface area contributed by atoms with E-state index in [2.05, 4.69) is 0 Å². The van der Waals surface area contributed by atoms with E-state index in [0.717, 1.165) is 23.7 Å². The number of nitrogens with zero attached hydrogens (tertiary/aromatic N) is 4. The van der Waals surface area contributed by atoms with Gasteiger partial charge >= 0.3 is 5.97 Å². The molecule has 1 saturated heterocycles. The number of aromatic nitrogens is 3. The third-order valence-corrected chi connectivity index (χ3v) is 7.26. The first-order valence-corrected chi connectivity index (χ1v) is 12.5. The van der Waals surface area contributed by atoms with Crippen molar-refractivity contribution in [3.05, 3.63) is 28.6 Å². The zero-order chi connectivity index (χ0) is 24.4. The van der Waals surface area contributed by atoms with E-state index < -0.39 is 0 Å². The van der Waals surface area contributed by atoms with E-state index in [4.69, 9.17) is 14.5 Å². The molecule has 0 saturated carbocycles. The van der Waals surface area contributed by atoms with Crippen molar-refractivity contribution in [2.24, 2.45) is 13.0 Å². The fourth-order valence-electron chi connectivity index (χ4n) is 4.52. The zero-order valence-corrected chi connectivity index (χ0v) is 20.8. The Balaban J connectivity index is 1.61. The highest BCUT2D eigenvalue weighted by Gasteiger charge is 2.29. The Hall–Kier alpha value is -3.01. The van der Waals surface area contributed by atoms with Gasteiger partial charge in [0, 0.05) is 32.1 Å². The van der Waals surface area contributed by atoms with Crippen molar-refractivity contribution < 1.29 is 19.1 Å². The minimum absolute atomic E-state index is 0.0735. The second kappa shape index (κ2) is 10.1. The molecule has 3 heterocycles. The summed E-state index contributed by atoms with van der Waals surface area (Å²) in [6.45, 7) is 5.43. The molecule has 3 aromatic rings. The number of benzene rings is 1. The van der Waals surface area contributed by atoms with Crippen molar-refractivity contribution >= 4 is 45.6 Å². The van der Waals surface area contributed by atoms with Gasteiger partial charge in [-0.05, 0) is 44.9 Å². The third-order valence-electron chi connectivity index (χ3n) is 6.30. The molecule has 4 rings (SSSR count). The van der Waals surface area contributed by atoms with E-state index in [0.29, 0.717) is 48.2 Å². The number of thioether (sulfide) groups is 1. The molecule has 34 heavy (non-hydrogen) atoms. The Kier molecular flexibility index (Phi) is 7.16. The molecule has 0 bridgehead atoms. The fourth-order valence-corrected chi connectivity index (χ4v) is 5.48. The molecule has 1 aliphatic heterocycles. The van der Waals surface area contributed by atoms with Crippen LogP contribution < -0.4 is 10.3 Å². The minimum Gasteiger partial charge on any atom is -0.497 e. The zero-order valence-electron chi connectivity index (χ0n) is 20.0. The van der Waals surface area contributed by atoms with Crippen molar-refractivity contribution in [2.45, 2.75) is 38.4 Å². The van der Waals surface area contributed by atoms with Gasteiger partial charge in [0.05, 0.1) is 30.9 Å². The summed E-state index contributed by atoms with van der Waals surface area (Å²) < 4.78 is 14.0. The molecular formula is C24H30N4O5S. The fraction of sp³-hybridized carbons (Fsp3) is 0.500. The third kappa shape index (κ3) is 4.38. The number of aryl methyl sites for hydroxylation is 1. The maximum absolute atomic E-state index is 13.4. The van der Waals surface area contributed by atoms with Crippen LogP contribution in [0.2, 0.25) is 0 Å². The van der Waals surface area contributed by atoms with Crippen LogP contribution in [-0.2, 0) is 27.9 Å². The first kappa shape index (κ1) is 24.1. The molecule has 1 atom stereocenters. The normalized spacial score (nSPS) is 16.2. The quantitative estimate of drug-likeness (QED) is 0.288. The minimum atomic E-state index is -0.281. The summed E-state index contributed by atoms with van der Waals surface area (Å²) in [5, 5.41) is 1.33. The summed E-state index contributed by atoms with van der Waals surface area (Å²) in [5.74, 6) is 0.229. The second-order valence-electron chi connectivity index (χ2n) is 8.30. The molecule has 0 radical (unpaired) electrons. The second-order valence-corrected chi connectivity index (χ2v) is 9.25. The van der Waals surface area contributed by atoms with E-state index in [1.807, 2.05) is 36.7 Å². The first-order valence-electron chi connectivity index (χ1n) is 11.5. The summed E-state index contributed by atoms with van der Waals surface area (Å²) in [6, 6.07) is 5.65. The van der Waals surface area contributed by atoms with E-state index in [-0.39, 0.29) is 29.1 Å². The van der Waals surface area contributed by atoms with Gasteiger partial charge in [-0.2, -0.15) is 0 Å². The number of methoxy groups -OCH3 is 1. The lowest BCUT2D eigenvalue weighted by atomic mass is 9.98. The van der Waals surface area contributed by atoms with Crippen molar-refractivity contribution in [1.29, 1.82) is 0 Å². The Morgan fingerprint density at radius 2 is 2.06 bits per heavy atom. The highest BCUT2D eigenvalue weighted by molar-refractivity contribution is 7.99. The van der Waals surface area contributed by atoms with Crippen LogP contribution in [0.5, 0.6) is 5.75 Å². The van der Waals surface area contributed by atoms with Gasteiger partial charge < -0.3 is 18.9 Å². The number of hydrogen-bond acceptors (Lipinski definition) is 7. The number of piperidine rings is 1. The van der Waals surface area contributed by atoms with Crippen LogP contribution in [0.3, 0.4) is 0 Å². The Morgan fingerprint density at radius 3 is 2.76 bits per heavy atom. The number of carbonyl (C=O) groups excluding carboxylic acids is 2. The van der Waals surface area contributed by atoms with E-state index in [1.54, 1.807) is 23.5 Å². The van der Waals surface area contributed by atoms with Crippen LogP contribution in [-0.4, -0.2) is 63.5 Å². The average Bonchev–Trinajstić information content (AvgIpc) is 3.13. The van der Waals surface area contributed by atoms with Crippen LogP contribution in [0.25, 0.3) is 21.9 Å².